The average molecular weight is 208 g/mol. The predicted molar refractivity (Wildman–Crippen MR) is 55.9 cm³/mol. The number of aromatic hydroxyl groups is 1. The number of carbonyl (C=O) groups excluding carboxylic acids is 1. The lowest BCUT2D eigenvalue weighted by Gasteiger charge is -1.91. The lowest BCUT2D eigenvalue weighted by Crippen LogP contribution is -1.92. The van der Waals surface area contributed by atoms with Crippen LogP contribution in [0.2, 0.25) is 0 Å². The molecule has 2 N–H and O–H groups in total. The number of phenols is 1. The fourth-order valence-corrected chi connectivity index (χ4v) is 0.587. The second kappa shape index (κ2) is 6.37. The molecule has 0 saturated heterocycles. The van der Waals surface area contributed by atoms with Crippen molar-refractivity contribution in [2.24, 2.45) is 0 Å². The SMILES string of the molecule is C=C(C)C(=O)O.O=Cc1ccccc1O. The summed E-state index contributed by atoms with van der Waals surface area (Å²) in [5.41, 5.74) is 0.507. The predicted octanol–water partition coefficient (Wildman–Crippen LogP) is 1.85. The third kappa shape index (κ3) is 5.25. The molecule has 15 heavy (non-hydrogen) atoms. The fourth-order valence-electron chi connectivity index (χ4n) is 0.587. The van der Waals surface area contributed by atoms with Crippen LogP contribution in [0.25, 0.3) is 0 Å². The van der Waals surface area contributed by atoms with E-state index in [9.17, 15) is 9.59 Å². The number of phenolic OH excluding ortho intramolecular Hbond substituents is 1. The van der Waals surface area contributed by atoms with Gasteiger partial charge in [0.15, 0.2) is 6.29 Å². The van der Waals surface area contributed by atoms with E-state index in [4.69, 9.17) is 10.2 Å². The summed E-state index contributed by atoms with van der Waals surface area (Å²) in [4.78, 5) is 19.7. The Balaban J connectivity index is 0.000000288. The van der Waals surface area contributed by atoms with Crippen LogP contribution in [0.15, 0.2) is 36.4 Å². The molecule has 0 saturated carbocycles. The molecule has 0 fully saturated rings. The highest BCUT2D eigenvalue weighted by atomic mass is 16.4. The van der Waals surface area contributed by atoms with Crippen LogP contribution in [0.1, 0.15) is 17.3 Å². The number of benzene rings is 1. The van der Waals surface area contributed by atoms with Crippen molar-refractivity contribution in [2.45, 2.75) is 6.92 Å². The molecule has 1 aromatic rings. The molecule has 0 aromatic heterocycles. The molecular formula is C11H12O4. The van der Waals surface area contributed by atoms with E-state index in [0.29, 0.717) is 11.8 Å². The van der Waals surface area contributed by atoms with Crippen LogP contribution in [0, 0.1) is 0 Å². The third-order valence-electron chi connectivity index (χ3n) is 1.43. The molecule has 0 radical (unpaired) electrons. The van der Waals surface area contributed by atoms with Gasteiger partial charge in [0, 0.05) is 5.57 Å². The smallest absolute Gasteiger partial charge is 0.330 e. The van der Waals surface area contributed by atoms with Crippen LogP contribution < -0.4 is 0 Å². The number of hydrogen-bond acceptors (Lipinski definition) is 3. The first-order chi connectivity index (χ1) is 6.99. The Morgan fingerprint density at radius 2 is 1.87 bits per heavy atom. The van der Waals surface area contributed by atoms with Crippen molar-refractivity contribution < 1.29 is 19.8 Å². The maximum absolute atomic E-state index is 10.1. The fraction of sp³-hybridized carbons (Fsp3) is 0.0909. The van der Waals surface area contributed by atoms with Crippen molar-refractivity contribution in [1.29, 1.82) is 0 Å². The molecule has 0 spiro atoms. The van der Waals surface area contributed by atoms with Gasteiger partial charge in [-0.25, -0.2) is 4.79 Å². The number of carboxylic acid groups (broad SMARTS) is 1. The van der Waals surface area contributed by atoms with Gasteiger partial charge in [-0.1, -0.05) is 18.7 Å². The van der Waals surface area contributed by atoms with E-state index in [-0.39, 0.29) is 11.3 Å². The van der Waals surface area contributed by atoms with Gasteiger partial charge in [0.25, 0.3) is 0 Å². The van der Waals surface area contributed by atoms with Crippen molar-refractivity contribution in [3.05, 3.63) is 42.0 Å². The Morgan fingerprint density at radius 3 is 2.13 bits per heavy atom. The minimum Gasteiger partial charge on any atom is -0.507 e. The van der Waals surface area contributed by atoms with E-state index >= 15 is 0 Å². The van der Waals surface area contributed by atoms with E-state index < -0.39 is 5.97 Å². The summed E-state index contributed by atoms with van der Waals surface area (Å²) >= 11 is 0. The van der Waals surface area contributed by atoms with Gasteiger partial charge in [0.1, 0.15) is 5.75 Å². The van der Waals surface area contributed by atoms with E-state index in [2.05, 4.69) is 6.58 Å². The number of hydrogen-bond donors (Lipinski definition) is 2. The van der Waals surface area contributed by atoms with Gasteiger partial charge >= 0.3 is 5.97 Å². The van der Waals surface area contributed by atoms with Crippen LogP contribution in [0.5, 0.6) is 5.75 Å². The van der Waals surface area contributed by atoms with Gasteiger partial charge in [0.2, 0.25) is 0 Å². The molecule has 1 rings (SSSR count). The summed E-state index contributed by atoms with van der Waals surface area (Å²) in [6, 6.07) is 6.40. The average Bonchev–Trinajstić information content (AvgIpc) is 2.19. The van der Waals surface area contributed by atoms with Crippen LogP contribution in [-0.4, -0.2) is 22.5 Å². The first-order valence-electron chi connectivity index (χ1n) is 4.11. The molecule has 0 aliphatic rings. The normalized spacial score (nSPS) is 8.33. The van der Waals surface area contributed by atoms with Crippen molar-refractivity contribution in [2.75, 3.05) is 0 Å². The van der Waals surface area contributed by atoms with Gasteiger partial charge in [-0.15, -0.1) is 0 Å². The summed E-state index contributed by atoms with van der Waals surface area (Å²) in [5, 5.41) is 16.8. The Morgan fingerprint density at radius 1 is 1.40 bits per heavy atom. The molecule has 0 unspecified atom stereocenters. The number of carbonyl (C=O) groups is 2. The Bertz CT molecular complexity index is 357. The van der Waals surface area contributed by atoms with Crippen molar-refractivity contribution in [3.63, 3.8) is 0 Å². The first kappa shape index (κ1) is 12.9. The summed E-state index contributed by atoms with van der Waals surface area (Å²) < 4.78 is 0. The summed E-state index contributed by atoms with van der Waals surface area (Å²) in [7, 11) is 0. The van der Waals surface area contributed by atoms with Crippen molar-refractivity contribution in [3.8, 4) is 5.75 Å². The third-order valence-corrected chi connectivity index (χ3v) is 1.43. The number of aldehydes is 1. The number of para-hydroxylation sites is 1. The highest BCUT2D eigenvalue weighted by molar-refractivity contribution is 5.84. The first-order valence-corrected chi connectivity index (χ1v) is 4.11. The minimum absolute atomic E-state index is 0.0347. The summed E-state index contributed by atoms with van der Waals surface area (Å²) in [6.45, 7) is 4.60. The molecular weight excluding hydrogens is 196 g/mol. The standard InChI is InChI=1S/C7H6O2.C4H6O2/c8-5-6-3-1-2-4-7(6)9;1-3(2)4(5)6/h1-5,9H;1H2,2H3,(H,5,6). The van der Waals surface area contributed by atoms with Gasteiger partial charge in [-0.2, -0.15) is 0 Å². The molecule has 0 atom stereocenters. The van der Waals surface area contributed by atoms with Gasteiger partial charge in [0.05, 0.1) is 5.56 Å². The Kier molecular flexibility index (Phi) is 5.48. The molecule has 0 aliphatic heterocycles. The second-order valence-corrected chi connectivity index (χ2v) is 2.76. The molecule has 1 aromatic carbocycles. The maximum Gasteiger partial charge on any atom is 0.330 e. The molecule has 0 amide bonds. The van der Waals surface area contributed by atoms with Crippen molar-refractivity contribution in [1.82, 2.24) is 0 Å². The minimum atomic E-state index is -0.935. The Labute approximate surface area is 87.5 Å². The zero-order valence-corrected chi connectivity index (χ0v) is 8.30. The topological polar surface area (TPSA) is 74.6 Å². The molecule has 0 aliphatic carbocycles. The molecule has 80 valence electrons. The zero-order chi connectivity index (χ0) is 11.8. The molecule has 0 heterocycles. The largest absolute Gasteiger partial charge is 0.507 e. The molecule has 4 heteroatoms. The molecule has 0 bridgehead atoms. The van der Waals surface area contributed by atoms with Crippen LogP contribution in [-0.2, 0) is 4.79 Å². The summed E-state index contributed by atoms with van der Waals surface area (Å²) in [5.74, 6) is -0.900. The highest BCUT2D eigenvalue weighted by Crippen LogP contribution is 2.11. The number of carboxylic acids is 1. The molecule has 4 nitrogen and oxygen atoms in total. The van der Waals surface area contributed by atoms with E-state index in [1.807, 2.05) is 0 Å². The Hall–Kier alpha value is -2.10. The maximum atomic E-state index is 10.1. The van der Waals surface area contributed by atoms with E-state index in [1.54, 1.807) is 18.2 Å². The number of aliphatic carboxylic acids is 1. The lowest BCUT2D eigenvalue weighted by molar-refractivity contribution is -0.132. The van der Waals surface area contributed by atoms with Crippen LogP contribution in [0.3, 0.4) is 0 Å². The zero-order valence-electron chi connectivity index (χ0n) is 8.30. The lowest BCUT2D eigenvalue weighted by atomic mass is 10.2. The van der Waals surface area contributed by atoms with Gasteiger partial charge in [-0.3, -0.25) is 4.79 Å². The van der Waals surface area contributed by atoms with Crippen LogP contribution >= 0.6 is 0 Å². The quantitative estimate of drug-likeness (QED) is 0.574. The van der Waals surface area contributed by atoms with Crippen molar-refractivity contribution >= 4 is 12.3 Å². The second-order valence-electron chi connectivity index (χ2n) is 2.76. The van der Waals surface area contributed by atoms with Gasteiger partial charge in [-0.05, 0) is 19.1 Å². The summed E-state index contributed by atoms with van der Waals surface area (Å²) in [6.07, 6.45) is 0.620. The monoisotopic (exact) mass is 208 g/mol. The van der Waals surface area contributed by atoms with E-state index in [1.165, 1.54) is 13.0 Å². The number of rotatable bonds is 2. The highest BCUT2D eigenvalue weighted by Gasteiger charge is 1.93. The van der Waals surface area contributed by atoms with Crippen LogP contribution in [0.4, 0.5) is 0 Å². The van der Waals surface area contributed by atoms with E-state index in [0.717, 1.165) is 0 Å². The van der Waals surface area contributed by atoms with Gasteiger partial charge < -0.3 is 10.2 Å².